The highest BCUT2D eigenvalue weighted by Crippen LogP contribution is 2.24. The standard InChI is InChI=1S/C20H17N5O.H2/c26-20(24-8-1-9-24)15-4-7-18-19(10-15)25(13-21-18)17-5-2-14(3-6-17)16-11-22-23-12-16;/h2-7,10-13H,1,8-9H2,(H,22,23);1H. The van der Waals surface area contributed by atoms with E-state index >= 15 is 0 Å². The fraction of sp³-hybridized carbons (Fsp3) is 0.150. The minimum atomic E-state index is 0. The summed E-state index contributed by atoms with van der Waals surface area (Å²) in [6, 6.07) is 13.9. The zero-order chi connectivity index (χ0) is 17.5. The lowest BCUT2D eigenvalue weighted by Crippen LogP contribution is -2.41. The first kappa shape index (κ1) is 14.9. The summed E-state index contributed by atoms with van der Waals surface area (Å²) in [4.78, 5) is 18.9. The second kappa shape index (κ2) is 5.84. The Morgan fingerprint density at radius 3 is 2.62 bits per heavy atom. The first-order valence-corrected chi connectivity index (χ1v) is 8.65. The highest BCUT2D eigenvalue weighted by Gasteiger charge is 2.22. The molecule has 6 heteroatoms. The number of likely N-dealkylation sites (tertiary alicyclic amines) is 1. The molecule has 0 atom stereocenters. The summed E-state index contributed by atoms with van der Waals surface area (Å²) >= 11 is 0. The van der Waals surface area contributed by atoms with Gasteiger partial charge in [-0.25, -0.2) is 4.98 Å². The predicted octanol–water partition coefficient (Wildman–Crippen LogP) is 3.51. The molecular weight excluding hydrogens is 326 g/mol. The number of nitrogens with zero attached hydrogens (tertiary/aromatic N) is 4. The molecule has 2 aromatic heterocycles. The van der Waals surface area contributed by atoms with Crippen molar-refractivity contribution >= 4 is 16.9 Å². The van der Waals surface area contributed by atoms with E-state index in [2.05, 4.69) is 27.3 Å². The van der Waals surface area contributed by atoms with Crippen LogP contribution >= 0.6 is 0 Å². The number of carbonyl (C=O) groups is 1. The van der Waals surface area contributed by atoms with E-state index in [1.807, 2.05) is 46.0 Å². The van der Waals surface area contributed by atoms with Gasteiger partial charge in [0.05, 0.1) is 17.2 Å². The van der Waals surface area contributed by atoms with Crippen molar-refractivity contribution in [1.82, 2.24) is 24.6 Å². The van der Waals surface area contributed by atoms with E-state index in [0.29, 0.717) is 5.56 Å². The van der Waals surface area contributed by atoms with Crippen LogP contribution in [0.3, 0.4) is 0 Å². The summed E-state index contributed by atoms with van der Waals surface area (Å²) < 4.78 is 2.02. The van der Waals surface area contributed by atoms with Crippen molar-refractivity contribution in [1.29, 1.82) is 0 Å². The van der Waals surface area contributed by atoms with Crippen LogP contribution in [0.15, 0.2) is 61.2 Å². The molecule has 0 bridgehead atoms. The Kier molecular flexibility index (Phi) is 3.35. The number of rotatable bonds is 3. The number of H-pyrrole nitrogens is 1. The van der Waals surface area contributed by atoms with E-state index in [9.17, 15) is 4.79 Å². The molecule has 1 aliphatic heterocycles. The number of hydrogen-bond acceptors (Lipinski definition) is 3. The third-order valence-electron chi connectivity index (χ3n) is 4.91. The van der Waals surface area contributed by atoms with Crippen LogP contribution < -0.4 is 0 Å². The Morgan fingerprint density at radius 2 is 1.92 bits per heavy atom. The third kappa shape index (κ3) is 2.38. The summed E-state index contributed by atoms with van der Waals surface area (Å²) in [5.74, 6) is 0.0983. The predicted molar refractivity (Wildman–Crippen MR) is 101 cm³/mol. The van der Waals surface area contributed by atoms with Crippen molar-refractivity contribution in [3.8, 4) is 16.8 Å². The Morgan fingerprint density at radius 1 is 1.08 bits per heavy atom. The smallest absolute Gasteiger partial charge is 0.253 e. The summed E-state index contributed by atoms with van der Waals surface area (Å²) in [5, 5.41) is 6.82. The molecule has 130 valence electrons. The van der Waals surface area contributed by atoms with E-state index in [-0.39, 0.29) is 7.33 Å². The average molecular weight is 345 g/mol. The molecule has 0 radical (unpaired) electrons. The van der Waals surface area contributed by atoms with Gasteiger partial charge in [-0.05, 0) is 42.3 Å². The zero-order valence-electron chi connectivity index (χ0n) is 14.1. The van der Waals surface area contributed by atoms with Crippen molar-refractivity contribution < 1.29 is 6.22 Å². The van der Waals surface area contributed by atoms with Crippen LogP contribution in [-0.2, 0) is 0 Å². The van der Waals surface area contributed by atoms with E-state index in [1.54, 1.807) is 12.5 Å². The molecule has 3 heterocycles. The van der Waals surface area contributed by atoms with Gasteiger partial charge in [-0.1, -0.05) is 12.1 Å². The Balaban J connectivity index is 0.00000180. The third-order valence-corrected chi connectivity index (χ3v) is 4.91. The Bertz CT molecular complexity index is 1080. The van der Waals surface area contributed by atoms with Crippen molar-refractivity contribution in [2.45, 2.75) is 6.42 Å². The molecular formula is C20H19N5O. The molecule has 1 N–H and O–H groups in total. The molecule has 0 spiro atoms. The minimum Gasteiger partial charge on any atom is -0.339 e. The number of benzene rings is 2. The molecule has 6 nitrogen and oxygen atoms in total. The van der Waals surface area contributed by atoms with Crippen LogP contribution in [0.4, 0.5) is 0 Å². The second-order valence-electron chi connectivity index (χ2n) is 6.50. The first-order chi connectivity index (χ1) is 12.8. The van der Waals surface area contributed by atoms with E-state index in [0.717, 1.165) is 47.4 Å². The van der Waals surface area contributed by atoms with Crippen LogP contribution in [0.5, 0.6) is 0 Å². The van der Waals surface area contributed by atoms with Gasteiger partial charge in [0.1, 0.15) is 6.33 Å². The summed E-state index contributed by atoms with van der Waals surface area (Å²) in [7, 11) is 0. The van der Waals surface area contributed by atoms with E-state index in [1.165, 1.54) is 0 Å². The van der Waals surface area contributed by atoms with Gasteiger partial charge in [0, 0.05) is 37.5 Å². The monoisotopic (exact) mass is 345 g/mol. The quantitative estimate of drug-likeness (QED) is 0.618. The normalized spacial score (nSPS) is 13.8. The maximum absolute atomic E-state index is 12.5. The fourth-order valence-electron chi connectivity index (χ4n) is 3.27. The van der Waals surface area contributed by atoms with Crippen LogP contribution in [-0.4, -0.2) is 43.6 Å². The summed E-state index contributed by atoms with van der Waals surface area (Å²) in [5.41, 5.74) is 5.69. The Labute approximate surface area is 151 Å². The maximum atomic E-state index is 12.5. The molecule has 1 aliphatic rings. The van der Waals surface area contributed by atoms with E-state index in [4.69, 9.17) is 0 Å². The van der Waals surface area contributed by atoms with Crippen molar-refractivity contribution in [2.24, 2.45) is 0 Å². The van der Waals surface area contributed by atoms with Crippen molar-refractivity contribution in [3.05, 3.63) is 66.7 Å². The van der Waals surface area contributed by atoms with Gasteiger partial charge in [-0.15, -0.1) is 0 Å². The van der Waals surface area contributed by atoms with Crippen LogP contribution in [0.1, 0.15) is 18.2 Å². The van der Waals surface area contributed by atoms with Gasteiger partial charge < -0.3 is 4.90 Å². The molecule has 2 aromatic carbocycles. The number of nitrogens with one attached hydrogen (secondary N) is 1. The lowest BCUT2D eigenvalue weighted by Gasteiger charge is -2.30. The minimum absolute atomic E-state index is 0. The number of hydrogen-bond donors (Lipinski definition) is 1. The molecule has 1 fully saturated rings. The molecule has 26 heavy (non-hydrogen) atoms. The number of carbonyl (C=O) groups excluding carboxylic acids is 1. The van der Waals surface area contributed by atoms with Crippen molar-refractivity contribution in [3.63, 3.8) is 0 Å². The molecule has 0 saturated carbocycles. The van der Waals surface area contributed by atoms with Crippen LogP contribution in [0.25, 0.3) is 27.8 Å². The number of imidazole rings is 1. The van der Waals surface area contributed by atoms with Crippen molar-refractivity contribution in [2.75, 3.05) is 13.1 Å². The zero-order valence-corrected chi connectivity index (χ0v) is 14.1. The molecule has 1 saturated heterocycles. The van der Waals surface area contributed by atoms with E-state index < -0.39 is 0 Å². The van der Waals surface area contributed by atoms with Gasteiger partial charge in [0.2, 0.25) is 0 Å². The van der Waals surface area contributed by atoms with Crippen LogP contribution in [0.2, 0.25) is 0 Å². The Hall–Kier alpha value is -3.41. The molecule has 5 rings (SSSR count). The lowest BCUT2D eigenvalue weighted by molar-refractivity contribution is 0.0652. The number of aromatic nitrogens is 4. The van der Waals surface area contributed by atoms with Crippen LogP contribution in [0, 0.1) is 0 Å². The molecule has 0 aliphatic carbocycles. The SMILES string of the molecule is O=C(c1ccc2ncn(-c3ccc(-c4cn[nH]c4)cc3)c2c1)N1CCC1.[HH]. The summed E-state index contributed by atoms with van der Waals surface area (Å²) in [6.07, 6.45) is 6.56. The topological polar surface area (TPSA) is 66.8 Å². The highest BCUT2D eigenvalue weighted by atomic mass is 16.2. The van der Waals surface area contributed by atoms with Gasteiger partial charge in [0.25, 0.3) is 5.91 Å². The van der Waals surface area contributed by atoms with Gasteiger partial charge in [-0.2, -0.15) is 5.10 Å². The molecule has 4 aromatic rings. The lowest BCUT2D eigenvalue weighted by atomic mass is 10.1. The second-order valence-corrected chi connectivity index (χ2v) is 6.50. The number of fused-ring (bicyclic) bond motifs is 1. The fourth-order valence-corrected chi connectivity index (χ4v) is 3.27. The van der Waals surface area contributed by atoms with Gasteiger partial charge in [-0.3, -0.25) is 14.5 Å². The summed E-state index contributed by atoms with van der Waals surface area (Å²) in [6.45, 7) is 1.71. The largest absolute Gasteiger partial charge is 0.339 e. The maximum Gasteiger partial charge on any atom is 0.253 e. The highest BCUT2D eigenvalue weighted by molar-refractivity contribution is 5.98. The number of aromatic amines is 1. The van der Waals surface area contributed by atoms with Gasteiger partial charge >= 0.3 is 0 Å². The molecule has 1 amide bonds. The van der Waals surface area contributed by atoms with Gasteiger partial charge in [0.15, 0.2) is 0 Å². The first-order valence-electron chi connectivity index (χ1n) is 8.65. The average Bonchev–Trinajstić information content (AvgIpc) is 3.30. The molecule has 0 unspecified atom stereocenters. The number of amides is 1.